The molecule has 0 amide bonds. The van der Waals surface area contributed by atoms with E-state index >= 15 is 0 Å². The van der Waals surface area contributed by atoms with E-state index in [0.717, 1.165) is 12.1 Å². The summed E-state index contributed by atoms with van der Waals surface area (Å²) >= 11 is 0. The van der Waals surface area contributed by atoms with Gasteiger partial charge in [-0.15, -0.1) is 0 Å². The lowest BCUT2D eigenvalue weighted by atomic mass is 10.1. The Kier molecular flexibility index (Phi) is 7.67. The fraction of sp³-hybridized carbons (Fsp3) is 0.174. The maximum absolute atomic E-state index is 12.9. The first-order valence-electron chi connectivity index (χ1n) is 9.78. The summed E-state index contributed by atoms with van der Waals surface area (Å²) in [6.07, 6.45) is -3.17. The highest BCUT2D eigenvalue weighted by Crippen LogP contribution is 2.30. The van der Waals surface area contributed by atoms with Crippen molar-refractivity contribution in [2.45, 2.75) is 17.7 Å². The summed E-state index contributed by atoms with van der Waals surface area (Å²) < 4.78 is 79.5. The summed E-state index contributed by atoms with van der Waals surface area (Å²) in [7, 11) is -1.24. The lowest BCUT2D eigenvalue weighted by Crippen LogP contribution is -2.19. The first-order valence-corrected chi connectivity index (χ1v) is 11.3. The predicted molar refractivity (Wildman–Crippen MR) is 120 cm³/mol. The Hall–Kier alpha value is -3.73. The van der Waals surface area contributed by atoms with Gasteiger partial charge in [-0.3, -0.25) is 0 Å². The van der Waals surface area contributed by atoms with Crippen molar-refractivity contribution in [3.05, 3.63) is 83.4 Å². The van der Waals surface area contributed by atoms with Gasteiger partial charge in [-0.2, -0.15) is 31.5 Å². The summed E-state index contributed by atoms with van der Waals surface area (Å²) in [5.41, 5.74) is 0.108. The van der Waals surface area contributed by atoms with Gasteiger partial charge in [0.2, 0.25) is 0 Å². The van der Waals surface area contributed by atoms with Crippen LogP contribution in [0.1, 0.15) is 16.7 Å². The molecule has 3 rings (SSSR count). The number of alkyl halides is 3. The maximum atomic E-state index is 12.9. The number of halogens is 3. The van der Waals surface area contributed by atoms with Crippen LogP contribution in [0.4, 0.5) is 13.2 Å². The zero-order valence-electron chi connectivity index (χ0n) is 18.2. The molecule has 0 spiro atoms. The van der Waals surface area contributed by atoms with Crippen LogP contribution in [0.25, 0.3) is 0 Å². The summed E-state index contributed by atoms with van der Waals surface area (Å²) in [5.74, 6) is 0.898. The quantitative estimate of drug-likeness (QED) is 0.347. The van der Waals surface area contributed by atoms with Crippen LogP contribution >= 0.6 is 0 Å². The van der Waals surface area contributed by atoms with Crippen LogP contribution in [0, 0.1) is 0 Å². The molecule has 0 aliphatic heterocycles. The third kappa shape index (κ3) is 6.41. The van der Waals surface area contributed by atoms with E-state index in [1.165, 1.54) is 50.8 Å². The molecule has 0 aliphatic carbocycles. The average Bonchev–Trinajstić information content (AvgIpc) is 2.82. The normalized spacial score (nSPS) is 11.9. The maximum Gasteiger partial charge on any atom is 0.416 e. The van der Waals surface area contributed by atoms with Gasteiger partial charge in [0.15, 0.2) is 0 Å². The predicted octanol–water partition coefficient (Wildman–Crippen LogP) is 4.61. The molecule has 34 heavy (non-hydrogen) atoms. The van der Waals surface area contributed by atoms with Crippen molar-refractivity contribution >= 4 is 16.2 Å². The molecule has 0 unspecified atom stereocenters. The summed E-state index contributed by atoms with van der Waals surface area (Å²) in [4.78, 5) is 1.99. The number of hydrogen-bond acceptors (Lipinski definition) is 6. The molecule has 0 radical (unpaired) electrons. The van der Waals surface area contributed by atoms with Crippen molar-refractivity contribution < 1.29 is 35.8 Å². The number of sulfonamides is 1. The Balaban J connectivity index is 1.67. The molecule has 0 aromatic heterocycles. The molecule has 0 bridgehead atoms. The molecule has 0 heterocycles. The molecule has 180 valence electrons. The number of nitrogens with zero attached hydrogens (tertiary/aromatic N) is 1. The lowest BCUT2D eigenvalue weighted by Gasteiger charge is -2.11. The molecule has 0 aliphatic rings. The lowest BCUT2D eigenvalue weighted by molar-refractivity contribution is -0.137. The van der Waals surface area contributed by atoms with Crippen LogP contribution in [-0.2, 0) is 22.8 Å². The van der Waals surface area contributed by atoms with Crippen molar-refractivity contribution in [2.75, 3.05) is 14.2 Å². The summed E-state index contributed by atoms with van der Waals surface area (Å²) in [6, 6.07) is 15.6. The SMILES string of the molecule is COc1ccc(S(=O)(=O)N/N=C/c2cccc(OCc3cccc(C(F)(F)F)c3)c2)c(OC)c1. The van der Waals surface area contributed by atoms with Gasteiger partial charge in [-0.25, -0.2) is 0 Å². The number of hydrogen-bond donors (Lipinski definition) is 1. The van der Waals surface area contributed by atoms with E-state index in [4.69, 9.17) is 14.2 Å². The second-order valence-electron chi connectivity index (χ2n) is 6.93. The van der Waals surface area contributed by atoms with Crippen LogP contribution in [-0.4, -0.2) is 28.9 Å². The second-order valence-corrected chi connectivity index (χ2v) is 8.56. The topological polar surface area (TPSA) is 86.2 Å². The zero-order chi connectivity index (χ0) is 24.8. The number of nitrogens with one attached hydrogen (secondary N) is 1. The van der Waals surface area contributed by atoms with E-state index in [-0.39, 0.29) is 17.3 Å². The minimum absolute atomic E-state index is 0.0750. The first kappa shape index (κ1) is 24.9. The molecular formula is C23H21F3N2O5S. The fourth-order valence-electron chi connectivity index (χ4n) is 2.91. The number of ether oxygens (including phenoxy) is 3. The van der Waals surface area contributed by atoms with Gasteiger partial charge in [-0.1, -0.05) is 24.3 Å². The van der Waals surface area contributed by atoms with Crippen LogP contribution < -0.4 is 19.0 Å². The zero-order valence-corrected chi connectivity index (χ0v) is 19.0. The van der Waals surface area contributed by atoms with Crippen LogP contribution in [0.15, 0.2) is 76.7 Å². The molecule has 1 N–H and O–H groups in total. The molecule has 0 saturated carbocycles. The molecule has 3 aromatic carbocycles. The Morgan fingerprint density at radius 1 is 0.941 bits per heavy atom. The molecule has 0 atom stereocenters. The first-order chi connectivity index (χ1) is 16.1. The Labute approximate surface area is 194 Å². The number of methoxy groups -OCH3 is 2. The van der Waals surface area contributed by atoms with Gasteiger partial charge in [0.1, 0.15) is 28.8 Å². The van der Waals surface area contributed by atoms with Crippen molar-refractivity contribution in [3.8, 4) is 17.2 Å². The van der Waals surface area contributed by atoms with E-state index in [0.29, 0.717) is 22.6 Å². The third-order valence-electron chi connectivity index (χ3n) is 4.56. The number of rotatable bonds is 9. The van der Waals surface area contributed by atoms with Crippen LogP contribution in [0.5, 0.6) is 17.2 Å². The molecule has 3 aromatic rings. The van der Waals surface area contributed by atoms with E-state index in [2.05, 4.69) is 9.93 Å². The van der Waals surface area contributed by atoms with Gasteiger partial charge in [0.25, 0.3) is 10.0 Å². The molecular weight excluding hydrogens is 473 g/mol. The Bertz CT molecular complexity index is 1280. The largest absolute Gasteiger partial charge is 0.497 e. The highest BCUT2D eigenvalue weighted by Gasteiger charge is 2.30. The van der Waals surface area contributed by atoms with Crippen LogP contribution in [0.2, 0.25) is 0 Å². The third-order valence-corrected chi connectivity index (χ3v) is 5.83. The van der Waals surface area contributed by atoms with Gasteiger partial charge in [0, 0.05) is 6.07 Å². The Morgan fingerprint density at radius 3 is 2.41 bits per heavy atom. The van der Waals surface area contributed by atoms with Crippen LogP contribution in [0.3, 0.4) is 0 Å². The molecule has 7 nitrogen and oxygen atoms in total. The number of hydrazone groups is 1. The van der Waals surface area contributed by atoms with Gasteiger partial charge >= 0.3 is 6.18 Å². The monoisotopic (exact) mass is 494 g/mol. The Morgan fingerprint density at radius 2 is 1.71 bits per heavy atom. The molecule has 0 saturated heterocycles. The standard InChI is InChI=1S/C23H21F3N2O5S/c1-31-19-9-10-22(21(13-19)32-2)34(29,30)28-27-14-16-5-4-8-20(12-16)33-15-17-6-3-7-18(11-17)23(24,25)26/h3-14,28H,15H2,1-2H3/b27-14+. The van der Waals surface area contributed by atoms with E-state index in [1.807, 2.05) is 0 Å². The second kappa shape index (κ2) is 10.5. The summed E-state index contributed by atoms with van der Waals surface area (Å²) in [5, 5.41) is 3.78. The minimum Gasteiger partial charge on any atom is -0.497 e. The van der Waals surface area contributed by atoms with Crippen molar-refractivity contribution in [1.82, 2.24) is 4.83 Å². The van der Waals surface area contributed by atoms with Crippen molar-refractivity contribution in [2.24, 2.45) is 5.10 Å². The number of benzene rings is 3. The van der Waals surface area contributed by atoms with E-state index in [9.17, 15) is 21.6 Å². The molecule has 11 heteroatoms. The minimum atomic E-state index is -4.43. The highest BCUT2D eigenvalue weighted by molar-refractivity contribution is 7.89. The molecule has 0 fully saturated rings. The van der Waals surface area contributed by atoms with Crippen molar-refractivity contribution in [1.29, 1.82) is 0 Å². The van der Waals surface area contributed by atoms with Gasteiger partial charge in [0.05, 0.1) is 26.0 Å². The average molecular weight is 494 g/mol. The fourth-order valence-corrected chi connectivity index (χ4v) is 3.85. The van der Waals surface area contributed by atoms with Crippen molar-refractivity contribution in [3.63, 3.8) is 0 Å². The van der Waals surface area contributed by atoms with Gasteiger partial charge < -0.3 is 14.2 Å². The summed E-state index contributed by atoms with van der Waals surface area (Å²) in [6.45, 7) is -0.0750. The van der Waals surface area contributed by atoms with E-state index in [1.54, 1.807) is 24.3 Å². The highest BCUT2D eigenvalue weighted by atomic mass is 32.2. The van der Waals surface area contributed by atoms with Gasteiger partial charge in [-0.05, 0) is 47.5 Å². The smallest absolute Gasteiger partial charge is 0.416 e. The van der Waals surface area contributed by atoms with E-state index < -0.39 is 21.8 Å².